The number of halogens is 1. The lowest BCUT2D eigenvalue weighted by Gasteiger charge is -2.22. The SMILES string of the molecule is CCN(c1cccc(C(N)=NO)n1)c1ccccc1F. The van der Waals surface area contributed by atoms with Crippen molar-refractivity contribution >= 4 is 17.3 Å². The molecule has 0 aliphatic rings. The van der Waals surface area contributed by atoms with Crippen LogP contribution in [0.2, 0.25) is 0 Å². The van der Waals surface area contributed by atoms with E-state index in [1.54, 1.807) is 41.3 Å². The van der Waals surface area contributed by atoms with E-state index >= 15 is 0 Å². The van der Waals surface area contributed by atoms with Gasteiger partial charge in [0.15, 0.2) is 5.84 Å². The number of benzene rings is 1. The Morgan fingerprint density at radius 1 is 1.30 bits per heavy atom. The van der Waals surface area contributed by atoms with Crippen molar-refractivity contribution in [1.82, 2.24) is 4.98 Å². The molecule has 1 aromatic carbocycles. The predicted octanol–water partition coefficient (Wildman–Crippen LogP) is 2.47. The molecule has 0 saturated heterocycles. The van der Waals surface area contributed by atoms with Crippen molar-refractivity contribution in [3.05, 3.63) is 54.0 Å². The number of hydrogen-bond acceptors (Lipinski definition) is 4. The van der Waals surface area contributed by atoms with Gasteiger partial charge in [-0.15, -0.1) is 0 Å². The van der Waals surface area contributed by atoms with Gasteiger partial charge in [0.2, 0.25) is 0 Å². The molecule has 0 amide bonds. The van der Waals surface area contributed by atoms with Crippen molar-refractivity contribution in [3.8, 4) is 0 Å². The van der Waals surface area contributed by atoms with Crippen LogP contribution in [0.25, 0.3) is 0 Å². The third-order valence-electron chi connectivity index (χ3n) is 2.84. The fourth-order valence-electron chi connectivity index (χ4n) is 1.89. The standard InChI is InChI=1S/C14H15FN4O/c1-2-19(12-8-4-3-6-10(12)15)13-9-5-7-11(17-13)14(16)18-20/h3-9,20H,2H2,1H3,(H2,16,18). The van der Waals surface area contributed by atoms with Crippen LogP contribution in [0, 0.1) is 5.82 Å². The summed E-state index contributed by atoms with van der Waals surface area (Å²) in [4.78, 5) is 5.99. The zero-order valence-electron chi connectivity index (χ0n) is 11.0. The van der Waals surface area contributed by atoms with Crippen molar-refractivity contribution in [1.29, 1.82) is 0 Å². The smallest absolute Gasteiger partial charge is 0.188 e. The van der Waals surface area contributed by atoms with E-state index in [-0.39, 0.29) is 11.7 Å². The summed E-state index contributed by atoms with van der Waals surface area (Å²) in [6.45, 7) is 2.43. The van der Waals surface area contributed by atoms with Crippen LogP contribution in [0.1, 0.15) is 12.6 Å². The molecule has 0 aliphatic carbocycles. The lowest BCUT2D eigenvalue weighted by atomic mass is 10.2. The number of para-hydroxylation sites is 1. The number of nitrogens with two attached hydrogens (primary N) is 1. The van der Waals surface area contributed by atoms with Gasteiger partial charge in [-0.2, -0.15) is 0 Å². The van der Waals surface area contributed by atoms with Gasteiger partial charge in [-0.25, -0.2) is 9.37 Å². The Kier molecular flexibility index (Phi) is 4.14. The van der Waals surface area contributed by atoms with Gasteiger partial charge in [0, 0.05) is 6.54 Å². The van der Waals surface area contributed by atoms with Crippen molar-refractivity contribution in [3.63, 3.8) is 0 Å². The van der Waals surface area contributed by atoms with Gasteiger partial charge in [-0.1, -0.05) is 23.4 Å². The number of nitrogens with zero attached hydrogens (tertiary/aromatic N) is 3. The Bertz CT molecular complexity index is 630. The number of pyridine rings is 1. The minimum Gasteiger partial charge on any atom is -0.409 e. The third-order valence-corrected chi connectivity index (χ3v) is 2.84. The number of anilines is 2. The molecule has 0 radical (unpaired) electrons. The topological polar surface area (TPSA) is 74.7 Å². The molecule has 0 saturated carbocycles. The number of oxime groups is 1. The number of hydrogen-bond donors (Lipinski definition) is 2. The van der Waals surface area contributed by atoms with Gasteiger partial charge in [0.25, 0.3) is 0 Å². The maximum atomic E-state index is 13.9. The Labute approximate surface area is 116 Å². The van der Waals surface area contributed by atoms with Crippen LogP contribution >= 0.6 is 0 Å². The Morgan fingerprint density at radius 2 is 2.05 bits per heavy atom. The second kappa shape index (κ2) is 6.01. The summed E-state index contributed by atoms with van der Waals surface area (Å²) in [6, 6.07) is 11.5. The van der Waals surface area contributed by atoms with Crippen LogP contribution in [0.5, 0.6) is 0 Å². The van der Waals surface area contributed by atoms with Crippen LogP contribution in [-0.2, 0) is 0 Å². The molecule has 0 atom stereocenters. The monoisotopic (exact) mass is 274 g/mol. The molecule has 0 spiro atoms. The highest BCUT2D eigenvalue weighted by Crippen LogP contribution is 2.25. The molecule has 20 heavy (non-hydrogen) atoms. The number of rotatable bonds is 4. The Balaban J connectivity index is 2.45. The molecule has 0 bridgehead atoms. The molecule has 1 heterocycles. The summed E-state index contributed by atoms with van der Waals surface area (Å²) >= 11 is 0. The van der Waals surface area contributed by atoms with Gasteiger partial charge < -0.3 is 15.8 Å². The van der Waals surface area contributed by atoms with E-state index in [4.69, 9.17) is 10.9 Å². The Morgan fingerprint density at radius 3 is 2.70 bits per heavy atom. The van der Waals surface area contributed by atoms with Crippen LogP contribution in [0.15, 0.2) is 47.6 Å². The van der Waals surface area contributed by atoms with Gasteiger partial charge in [-0.05, 0) is 31.2 Å². The first-order valence-corrected chi connectivity index (χ1v) is 6.14. The molecule has 2 aromatic rings. The maximum Gasteiger partial charge on any atom is 0.188 e. The second-order valence-corrected chi connectivity index (χ2v) is 4.06. The highest BCUT2D eigenvalue weighted by atomic mass is 19.1. The lowest BCUT2D eigenvalue weighted by molar-refractivity contribution is 0.318. The first kappa shape index (κ1) is 13.8. The van der Waals surface area contributed by atoms with Crippen molar-refractivity contribution in [2.75, 3.05) is 11.4 Å². The number of aromatic nitrogens is 1. The first-order valence-electron chi connectivity index (χ1n) is 6.14. The molecule has 1 aromatic heterocycles. The van der Waals surface area contributed by atoms with Crippen LogP contribution in [0.3, 0.4) is 0 Å². The van der Waals surface area contributed by atoms with E-state index in [9.17, 15) is 4.39 Å². The average Bonchev–Trinajstić information content (AvgIpc) is 2.49. The molecular weight excluding hydrogens is 259 g/mol. The highest BCUT2D eigenvalue weighted by Gasteiger charge is 2.13. The van der Waals surface area contributed by atoms with Gasteiger partial charge in [-0.3, -0.25) is 0 Å². The summed E-state index contributed by atoms with van der Waals surface area (Å²) in [5.41, 5.74) is 6.28. The average molecular weight is 274 g/mol. The highest BCUT2D eigenvalue weighted by molar-refractivity contribution is 5.95. The minimum absolute atomic E-state index is 0.0866. The van der Waals surface area contributed by atoms with Crippen molar-refractivity contribution < 1.29 is 9.60 Å². The van der Waals surface area contributed by atoms with Crippen molar-refractivity contribution in [2.45, 2.75) is 6.92 Å². The fraction of sp³-hybridized carbons (Fsp3) is 0.143. The van der Waals surface area contributed by atoms with E-state index in [2.05, 4.69) is 10.1 Å². The summed E-state index contributed by atoms with van der Waals surface area (Å²) in [6.07, 6.45) is 0. The van der Waals surface area contributed by atoms with E-state index in [1.165, 1.54) is 6.07 Å². The molecule has 0 unspecified atom stereocenters. The molecular formula is C14H15FN4O. The summed E-state index contributed by atoms with van der Waals surface area (Å²) < 4.78 is 13.9. The predicted molar refractivity (Wildman–Crippen MR) is 75.8 cm³/mol. The summed E-state index contributed by atoms with van der Waals surface area (Å²) in [7, 11) is 0. The zero-order valence-corrected chi connectivity index (χ0v) is 11.0. The molecule has 3 N–H and O–H groups in total. The van der Waals surface area contributed by atoms with Gasteiger partial charge in [0.05, 0.1) is 5.69 Å². The fourth-order valence-corrected chi connectivity index (χ4v) is 1.89. The van der Waals surface area contributed by atoms with Crippen LogP contribution < -0.4 is 10.6 Å². The normalized spacial score (nSPS) is 11.4. The summed E-state index contributed by atoms with van der Waals surface area (Å²) in [5, 5.41) is 11.6. The van der Waals surface area contributed by atoms with Gasteiger partial charge in [0.1, 0.15) is 17.3 Å². The first-order chi connectivity index (χ1) is 9.67. The number of amidine groups is 1. The molecule has 2 rings (SSSR count). The van der Waals surface area contributed by atoms with Crippen LogP contribution in [-0.4, -0.2) is 22.6 Å². The zero-order chi connectivity index (χ0) is 14.5. The molecule has 6 heteroatoms. The molecule has 0 fully saturated rings. The van der Waals surface area contributed by atoms with Gasteiger partial charge >= 0.3 is 0 Å². The van der Waals surface area contributed by atoms with E-state index in [0.717, 1.165) is 0 Å². The second-order valence-electron chi connectivity index (χ2n) is 4.06. The van der Waals surface area contributed by atoms with Crippen LogP contribution in [0.4, 0.5) is 15.9 Å². The third kappa shape index (κ3) is 2.69. The molecule has 0 aliphatic heterocycles. The van der Waals surface area contributed by atoms with Crippen molar-refractivity contribution in [2.24, 2.45) is 10.9 Å². The van der Waals surface area contributed by atoms with E-state index in [1.807, 2.05) is 6.92 Å². The maximum absolute atomic E-state index is 13.9. The lowest BCUT2D eigenvalue weighted by Crippen LogP contribution is -2.21. The van der Waals surface area contributed by atoms with E-state index in [0.29, 0.717) is 23.7 Å². The largest absolute Gasteiger partial charge is 0.409 e. The Hall–Kier alpha value is -2.63. The minimum atomic E-state index is -0.328. The molecule has 104 valence electrons. The summed E-state index contributed by atoms with van der Waals surface area (Å²) in [5.74, 6) is 0.114. The van der Waals surface area contributed by atoms with E-state index < -0.39 is 0 Å². The molecule has 5 nitrogen and oxygen atoms in total. The quantitative estimate of drug-likeness (QED) is 0.389.